The van der Waals surface area contributed by atoms with Crippen LogP contribution in [0.1, 0.15) is 53.4 Å². The third-order valence-corrected chi connectivity index (χ3v) is 5.14. The average molecular weight is 362 g/mol. The lowest BCUT2D eigenvalue weighted by molar-refractivity contribution is -0.138. The topological polar surface area (TPSA) is 88.5 Å². The number of carboxylic acid groups (broad SMARTS) is 1. The van der Waals surface area contributed by atoms with E-state index >= 15 is 0 Å². The number of carboxylic acids is 1. The maximum atomic E-state index is 12.6. The molecule has 25 heavy (non-hydrogen) atoms. The van der Waals surface area contributed by atoms with Gasteiger partial charge in [0.25, 0.3) is 5.91 Å². The third-order valence-electron chi connectivity index (χ3n) is 3.84. The van der Waals surface area contributed by atoms with Crippen LogP contribution in [0.25, 0.3) is 0 Å². The predicted molar refractivity (Wildman–Crippen MR) is 96.3 cm³/mol. The molecule has 2 N–H and O–H groups in total. The highest BCUT2D eigenvalue weighted by Crippen LogP contribution is 2.29. The van der Waals surface area contributed by atoms with Crippen molar-refractivity contribution in [2.24, 2.45) is 0 Å². The number of aliphatic carboxylic acids is 1. The van der Waals surface area contributed by atoms with Crippen LogP contribution in [0.15, 0.2) is 30.5 Å². The largest absolute Gasteiger partial charge is 0.497 e. The van der Waals surface area contributed by atoms with Crippen molar-refractivity contribution >= 4 is 23.2 Å². The molecule has 2 aromatic rings. The molecule has 1 amide bonds. The molecule has 7 heteroatoms. The number of amides is 1. The van der Waals surface area contributed by atoms with Gasteiger partial charge in [0, 0.05) is 5.92 Å². The molecule has 1 aromatic heterocycles. The molecule has 134 valence electrons. The van der Waals surface area contributed by atoms with Gasteiger partial charge >= 0.3 is 5.97 Å². The predicted octanol–water partition coefficient (Wildman–Crippen LogP) is 3.40. The molecule has 1 atom stereocenters. The Balaban J connectivity index is 2.32. The normalized spacial score (nSPS) is 13.3. The fraction of sp³-hybridized carbons (Fsp3) is 0.389. The van der Waals surface area contributed by atoms with Gasteiger partial charge in [-0.05, 0) is 24.6 Å². The first-order chi connectivity index (χ1) is 11.7. The van der Waals surface area contributed by atoms with E-state index in [-0.39, 0.29) is 18.2 Å². The zero-order chi connectivity index (χ0) is 18.6. The number of carbonyl (C=O) groups is 2. The fourth-order valence-electron chi connectivity index (χ4n) is 2.46. The Morgan fingerprint density at radius 3 is 2.68 bits per heavy atom. The molecule has 2 rings (SSSR count). The van der Waals surface area contributed by atoms with Crippen molar-refractivity contribution in [2.45, 2.75) is 38.6 Å². The van der Waals surface area contributed by atoms with Crippen LogP contribution in [0.3, 0.4) is 0 Å². The van der Waals surface area contributed by atoms with E-state index in [0.717, 1.165) is 5.01 Å². The number of nitrogens with zero attached hydrogens (tertiary/aromatic N) is 1. The Labute approximate surface area is 150 Å². The van der Waals surface area contributed by atoms with Gasteiger partial charge in [-0.1, -0.05) is 26.0 Å². The SMILES string of the molecule is COc1cccc(C(C)(CC(=O)O)NC(=O)c2cnc(C(C)C)s2)c1. The minimum Gasteiger partial charge on any atom is -0.497 e. The van der Waals surface area contributed by atoms with E-state index in [0.29, 0.717) is 16.2 Å². The first kappa shape index (κ1) is 18.9. The van der Waals surface area contributed by atoms with Gasteiger partial charge in [-0.25, -0.2) is 4.98 Å². The summed E-state index contributed by atoms with van der Waals surface area (Å²) in [5.41, 5.74) is -0.407. The number of methoxy groups -OCH3 is 1. The summed E-state index contributed by atoms with van der Waals surface area (Å²) >= 11 is 1.32. The highest BCUT2D eigenvalue weighted by molar-refractivity contribution is 7.13. The highest BCUT2D eigenvalue weighted by atomic mass is 32.1. The summed E-state index contributed by atoms with van der Waals surface area (Å²) in [6.07, 6.45) is 1.28. The molecule has 1 aromatic carbocycles. The van der Waals surface area contributed by atoms with E-state index in [1.165, 1.54) is 24.6 Å². The van der Waals surface area contributed by atoms with Crippen LogP contribution in [0, 0.1) is 0 Å². The third kappa shape index (κ3) is 4.57. The number of benzene rings is 1. The lowest BCUT2D eigenvalue weighted by atomic mass is 9.88. The van der Waals surface area contributed by atoms with Crippen LogP contribution in [0.4, 0.5) is 0 Å². The molecule has 0 saturated carbocycles. The summed E-state index contributed by atoms with van der Waals surface area (Å²) in [6, 6.07) is 7.04. The summed E-state index contributed by atoms with van der Waals surface area (Å²) in [5.74, 6) is -0.507. The second kappa shape index (κ2) is 7.65. The molecule has 1 unspecified atom stereocenters. The smallest absolute Gasteiger partial charge is 0.306 e. The van der Waals surface area contributed by atoms with Gasteiger partial charge in [0.1, 0.15) is 10.6 Å². The molecule has 0 fully saturated rings. The number of hydrogen-bond donors (Lipinski definition) is 2. The first-order valence-corrected chi connectivity index (χ1v) is 8.71. The molecular weight excluding hydrogens is 340 g/mol. The summed E-state index contributed by atoms with van der Waals surface area (Å²) in [5, 5.41) is 13.0. The minimum atomic E-state index is -1.07. The molecular formula is C18H22N2O4S. The Kier molecular flexibility index (Phi) is 5.79. The van der Waals surface area contributed by atoms with E-state index < -0.39 is 11.5 Å². The van der Waals surface area contributed by atoms with Crippen molar-refractivity contribution in [1.29, 1.82) is 0 Å². The average Bonchev–Trinajstić information content (AvgIpc) is 3.04. The van der Waals surface area contributed by atoms with Gasteiger partial charge in [0.2, 0.25) is 0 Å². The van der Waals surface area contributed by atoms with E-state index in [1.807, 2.05) is 13.8 Å². The van der Waals surface area contributed by atoms with Crippen LogP contribution >= 0.6 is 11.3 Å². The summed E-state index contributed by atoms with van der Waals surface area (Å²) in [4.78, 5) is 28.7. The Morgan fingerprint density at radius 2 is 2.12 bits per heavy atom. The molecule has 0 saturated heterocycles. The van der Waals surface area contributed by atoms with E-state index in [2.05, 4.69) is 10.3 Å². The second-order valence-electron chi connectivity index (χ2n) is 6.31. The number of aromatic nitrogens is 1. The number of hydrogen-bond acceptors (Lipinski definition) is 5. The molecule has 0 aliphatic heterocycles. The fourth-order valence-corrected chi connectivity index (χ4v) is 3.27. The van der Waals surface area contributed by atoms with E-state index in [9.17, 15) is 14.7 Å². The van der Waals surface area contributed by atoms with Crippen LogP contribution in [0.2, 0.25) is 0 Å². The monoisotopic (exact) mass is 362 g/mol. The van der Waals surface area contributed by atoms with Crippen molar-refractivity contribution in [2.75, 3.05) is 7.11 Å². The number of thiazole rings is 1. The molecule has 6 nitrogen and oxygen atoms in total. The van der Waals surface area contributed by atoms with E-state index in [4.69, 9.17) is 4.74 Å². The van der Waals surface area contributed by atoms with Gasteiger partial charge in [-0.2, -0.15) is 0 Å². The van der Waals surface area contributed by atoms with E-state index in [1.54, 1.807) is 31.2 Å². The standard InChI is InChI=1S/C18H22N2O4S/c1-11(2)17-19-10-14(25-17)16(23)20-18(3,9-15(21)22)12-6-5-7-13(8-12)24-4/h5-8,10-11H,9H2,1-4H3,(H,20,23)(H,21,22). The summed E-state index contributed by atoms with van der Waals surface area (Å²) in [7, 11) is 1.54. The van der Waals surface area contributed by atoms with Crippen LogP contribution in [-0.4, -0.2) is 29.1 Å². The quantitative estimate of drug-likeness (QED) is 0.788. The maximum Gasteiger partial charge on any atom is 0.306 e. The molecule has 0 bridgehead atoms. The first-order valence-electron chi connectivity index (χ1n) is 7.89. The Hall–Kier alpha value is -2.41. The van der Waals surface area contributed by atoms with Crippen molar-refractivity contribution in [1.82, 2.24) is 10.3 Å². The highest BCUT2D eigenvalue weighted by Gasteiger charge is 2.32. The molecule has 1 heterocycles. The number of ether oxygens (including phenoxy) is 1. The van der Waals surface area contributed by atoms with Crippen LogP contribution < -0.4 is 10.1 Å². The summed E-state index contributed by atoms with van der Waals surface area (Å²) < 4.78 is 5.21. The van der Waals surface area contributed by atoms with Crippen molar-refractivity contribution in [3.63, 3.8) is 0 Å². The Morgan fingerprint density at radius 1 is 1.40 bits per heavy atom. The summed E-state index contributed by atoms with van der Waals surface area (Å²) in [6.45, 7) is 5.70. The zero-order valence-corrected chi connectivity index (χ0v) is 15.5. The van der Waals surface area contributed by atoms with Gasteiger partial charge in [0.15, 0.2) is 0 Å². The number of nitrogens with one attached hydrogen (secondary N) is 1. The molecule has 0 aliphatic rings. The zero-order valence-electron chi connectivity index (χ0n) is 14.7. The lowest BCUT2D eigenvalue weighted by Crippen LogP contribution is -2.44. The second-order valence-corrected chi connectivity index (χ2v) is 7.37. The molecule has 0 radical (unpaired) electrons. The van der Waals surface area contributed by atoms with Gasteiger partial charge < -0.3 is 15.2 Å². The van der Waals surface area contributed by atoms with Gasteiger partial charge in [-0.3, -0.25) is 9.59 Å². The van der Waals surface area contributed by atoms with Gasteiger partial charge in [0.05, 0.1) is 30.3 Å². The number of carbonyl (C=O) groups excluding carboxylic acids is 1. The molecule has 0 aliphatic carbocycles. The number of rotatable bonds is 7. The van der Waals surface area contributed by atoms with Crippen molar-refractivity contribution < 1.29 is 19.4 Å². The Bertz CT molecular complexity index is 772. The van der Waals surface area contributed by atoms with Crippen molar-refractivity contribution in [3.05, 3.63) is 45.9 Å². The van der Waals surface area contributed by atoms with Crippen LogP contribution in [0.5, 0.6) is 5.75 Å². The minimum absolute atomic E-state index is 0.232. The van der Waals surface area contributed by atoms with Crippen LogP contribution in [-0.2, 0) is 10.3 Å². The van der Waals surface area contributed by atoms with Crippen molar-refractivity contribution in [3.8, 4) is 5.75 Å². The lowest BCUT2D eigenvalue weighted by Gasteiger charge is -2.30. The maximum absolute atomic E-state index is 12.6. The van der Waals surface area contributed by atoms with Gasteiger partial charge in [-0.15, -0.1) is 11.3 Å². The molecule has 0 spiro atoms.